The quantitative estimate of drug-likeness (QED) is 0.773. The van der Waals surface area contributed by atoms with Crippen LogP contribution in [0.15, 0.2) is 0 Å². The van der Waals surface area contributed by atoms with Crippen LogP contribution in [0.5, 0.6) is 0 Å². The standard InChI is InChI=1S/C12H23NS/c1-2-10-5-3-7-12(10)13-11-6-4-8-14-9-11/h10-13H,2-9H2,1H3. The van der Waals surface area contributed by atoms with Crippen LogP contribution in [0.1, 0.15) is 45.4 Å². The van der Waals surface area contributed by atoms with Crippen LogP contribution in [0.3, 0.4) is 0 Å². The first kappa shape index (κ1) is 10.8. The lowest BCUT2D eigenvalue weighted by atomic mass is 9.99. The van der Waals surface area contributed by atoms with Crippen molar-refractivity contribution in [1.82, 2.24) is 5.32 Å². The normalized spacial score (nSPS) is 38.8. The van der Waals surface area contributed by atoms with E-state index in [1.54, 1.807) is 0 Å². The number of rotatable bonds is 3. The molecule has 0 aromatic carbocycles. The molecule has 1 saturated heterocycles. The summed E-state index contributed by atoms with van der Waals surface area (Å²) in [5.41, 5.74) is 0. The second-order valence-electron chi connectivity index (χ2n) is 4.79. The topological polar surface area (TPSA) is 12.0 Å². The predicted octanol–water partition coefficient (Wildman–Crippen LogP) is 3.05. The Kier molecular flexibility index (Phi) is 4.18. The molecule has 0 radical (unpaired) electrons. The first-order chi connectivity index (χ1) is 6.90. The van der Waals surface area contributed by atoms with Crippen molar-refractivity contribution in [3.05, 3.63) is 0 Å². The second-order valence-corrected chi connectivity index (χ2v) is 5.94. The van der Waals surface area contributed by atoms with Crippen LogP contribution in [-0.2, 0) is 0 Å². The van der Waals surface area contributed by atoms with Gasteiger partial charge in [0.1, 0.15) is 0 Å². The van der Waals surface area contributed by atoms with Gasteiger partial charge < -0.3 is 5.32 Å². The summed E-state index contributed by atoms with van der Waals surface area (Å²) < 4.78 is 0. The minimum absolute atomic E-state index is 0.825. The van der Waals surface area contributed by atoms with E-state index in [2.05, 4.69) is 24.0 Å². The highest BCUT2D eigenvalue weighted by molar-refractivity contribution is 7.99. The van der Waals surface area contributed by atoms with E-state index in [4.69, 9.17) is 0 Å². The van der Waals surface area contributed by atoms with E-state index in [-0.39, 0.29) is 0 Å². The van der Waals surface area contributed by atoms with E-state index in [1.165, 1.54) is 50.0 Å². The van der Waals surface area contributed by atoms with Gasteiger partial charge in [-0.05, 0) is 37.4 Å². The number of hydrogen-bond donors (Lipinski definition) is 1. The predicted molar refractivity (Wildman–Crippen MR) is 64.9 cm³/mol. The minimum Gasteiger partial charge on any atom is -0.310 e. The lowest BCUT2D eigenvalue weighted by Gasteiger charge is -2.29. The third-order valence-corrected chi connectivity index (χ3v) is 5.01. The molecule has 0 spiro atoms. The van der Waals surface area contributed by atoms with E-state index in [0.29, 0.717) is 0 Å². The van der Waals surface area contributed by atoms with Crippen LogP contribution in [0.4, 0.5) is 0 Å². The molecule has 1 N–H and O–H groups in total. The Morgan fingerprint density at radius 3 is 2.86 bits per heavy atom. The summed E-state index contributed by atoms with van der Waals surface area (Å²) in [6.45, 7) is 2.35. The Labute approximate surface area is 92.4 Å². The Bertz CT molecular complexity index is 166. The SMILES string of the molecule is CCC1CCCC1NC1CCCSC1. The van der Waals surface area contributed by atoms with Crippen LogP contribution in [0.25, 0.3) is 0 Å². The fourth-order valence-electron chi connectivity index (χ4n) is 2.92. The average molecular weight is 213 g/mol. The molecular weight excluding hydrogens is 190 g/mol. The molecule has 0 amide bonds. The number of hydrogen-bond acceptors (Lipinski definition) is 2. The number of thioether (sulfide) groups is 1. The molecule has 82 valence electrons. The molecule has 1 nitrogen and oxygen atoms in total. The maximum absolute atomic E-state index is 3.90. The van der Waals surface area contributed by atoms with Crippen LogP contribution in [0, 0.1) is 5.92 Å². The summed E-state index contributed by atoms with van der Waals surface area (Å²) in [7, 11) is 0. The zero-order chi connectivity index (χ0) is 9.80. The molecule has 0 bridgehead atoms. The molecule has 0 aromatic heterocycles. The Balaban J connectivity index is 1.77. The Morgan fingerprint density at radius 2 is 2.14 bits per heavy atom. The minimum atomic E-state index is 0.825. The van der Waals surface area contributed by atoms with Gasteiger partial charge in [-0.25, -0.2) is 0 Å². The maximum Gasteiger partial charge on any atom is 0.0161 e. The molecule has 1 heterocycles. The van der Waals surface area contributed by atoms with Crippen molar-refractivity contribution in [2.24, 2.45) is 5.92 Å². The molecule has 2 heteroatoms. The van der Waals surface area contributed by atoms with Gasteiger partial charge in [-0.15, -0.1) is 0 Å². The van der Waals surface area contributed by atoms with Crippen LogP contribution in [0.2, 0.25) is 0 Å². The van der Waals surface area contributed by atoms with E-state index < -0.39 is 0 Å². The van der Waals surface area contributed by atoms with Gasteiger partial charge in [0, 0.05) is 17.8 Å². The van der Waals surface area contributed by atoms with Crippen molar-refractivity contribution >= 4 is 11.8 Å². The van der Waals surface area contributed by atoms with Gasteiger partial charge in [0.05, 0.1) is 0 Å². The zero-order valence-electron chi connectivity index (χ0n) is 9.30. The molecule has 3 atom stereocenters. The van der Waals surface area contributed by atoms with Crippen LogP contribution in [-0.4, -0.2) is 23.6 Å². The lowest BCUT2D eigenvalue weighted by molar-refractivity contribution is 0.347. The largest absolute Gasteiger partial charge is 0.310 e. The smallest absolute Gasteiger partial charge is 0.0161 e. The van der Waals surface area contributed by atoms with Crippen molar-refractivity contribution in [3.63, 3.8) is 0 Å². The van der Waals surface area contributed by atoms with Gasteiger partial charge in [0.25, 0.3) is 0 Å². The van der Waals surface area contributed by atoms with Crippen molar-refractivity contribution in [2.75, 3.05) is 11.5 Å². The first-order valence-electron chi connectivity index (χ1n) is 6.24. The van der Waals surface area contributed by atoms with E-state index in [9.17, 15) is 0 Å². The third-order valence-electron chi connectivity index (χ3n) is 3.79. The van der Waals surface area contributed by atoms with Crippen LogP contribution < -0.4 is 5.32 Å². The molecule has 2 aliphatic rings. The Hall–Kier alpha value is 0.310. The maximum atomic E-state index is 3.90. The summed E-state index contributed by atoms with van der Waals surface area (Å²) >= 11 is 2.13. The van der Waals surface area contributed by atoms with Gasteiger partial charge in [0.15, 0.2) is 0 Å². The van der Waals surface area contributed by atoms with Gasteiger partial charge in [-0.2, -0.15) is 11.8 Å². The fourth-order valence-corrected chi connectivity index (χ4v) is 4.00. The van der Waals surface area contributed by atoms with Crippen molar-refractivity contribution < 1.29 is 0 Å². The first-order valence-corrected chi connectivity index (χ1v) is 7.39. The molecule has 2 rings (SSSR count). The highest BCUT2D eigenvalue weighted by Gasteiger charge is 2.27. The van der Waals surface area contributed by atoms with E-state index in [0.717, 1.165) is 18.0 Å². The summed E-state index contributed by atoms with van der Waals surface area (Å²) in [6, 6.07) is 1.68. The van der Waals surface area contributed by atoms with Gasteiger partial charge >= 0.3 is 0 Å². The average Bonchev–Trinajstić information content (AvgIpc) is 2.67. The van der Waals surface area contributed by atoms with E-state index in [1.807, 2.05) is 0 Å². The third kappa shape index (κ3) is 2.66. The van der Waals surface area contributed by atoms with Crippen molar-refractivity contribution in [3.8, 4) is 0 Å². The summed E-state index contributed by atoms with van der Waals surface area (Å²) in [4.78, 5) is 0. The number of nitrogens with one attached hydrogen (secondary N) is 1. The monoisotopic (exact) mass is 213 g/mol. The lowest BCUT2D eigenvalue weighted by Crippen LogP contribution is -2.42. The highest BCUT2D eigenvalue weighted by atomic mass is 32.2. The molecule has 14 heavy (non-hydrogen) atoms. The molecule has 3 unspecified atom stereocenters. The van der Waals surface area contributed by atoms with E-state index >= 15 is 0 Å². The molecule has 1 aliphatic carbocycles. The molecular formula is C12H23NS. The Morgan fingerprint density at radius 1 is 1.21 bits per heavy atom. The van der Waals surface area contributed by atoms with Crippen LogP contribution >= 0.6 is 11.8 Å². The van der Waals surface area contributed by atoms with Crippen molar-refractivity contribution in [1.29, 1.82) is 0 Å². The summed E-state index contributed by atoms with van der Waals surface area (Å²) in [5.74, 6) is 3.72. The summed E-state index contributed by atoms with van der Waals surface area (Å²) in [5, 5.41) is 3.90. The second kappa shape index (κ2) is 5.41. The molecule has 2 fully saturated rings. The van der Waals surface area contributed by atoms with Crippen molar-refractivity contribution in [2.45, 2.75) is 57.5 Å². The van der Waals surface area contributed by atoms with Gasteiger partial charge in [-0.1, -0.05) is 19.8 Å². The molecule has 0 aromatic rings. The molecule has 1 saturated carbocycles. The zero-order valence-corrected chi connectivity index (χ0v) is 10.1. The van der Waals surface area contributed by atoms with Gasteiger partial charge in [0.2, 0.25) is 0 Å². The molecule has 1 aliphatic heterocycles. The fraction of sp³-hybridized carbons (Fsp3) is 1.00. The summed E-state index contributed by atoms with van der Waals surface area (Å²) in [6.07, 6.45) is 8.56. The highest BCUT2D eigenvalue weighted by Crippen LogP contribution is 2.29. The van der Waals surface area contributed by atoms with Gasteiger partial charge in [-0.3, -0.25) is 0 Å².